The maximum Gasteiger partial charge on any atom is 0.353 e. The van der Waals surface area contributed by atoms with E-state index in [-0.39, 0.29) is 23.6 Å². The summed E-state index contributed by atoms with van der Waals surface area (Å²) in [5.41, 5.74) is 0.943. The summed E-state index contributed by atoms with van der Waals surface area (Å²) < 4.78 is 0. The normalized spacial score (nSPS) is 39.3. The number of aliphatic hydroxyl groups excluding tert-OH is 1. The molecular formula is C22H33N3O4S. The van der Waals surface area contributed by atoms with Crippen molar-refractivity contribution in [3.63, 3.8) is 0 Å². The first-order chi connectivity index (χ1) is 14.2. The van der Waals surface area contributed by atoms with E-state index in [4.69, 9.17) is 5.41 Å². The van der Waals surface area contributed by atoms with E-state index in [2.05, 4.69) is 5.32 Å². The predicted octanol–water partition coefficient (Wildman–Crippen LogP) is 2.59. The molecule has 2 heterocycles. The molecule has 30 heavy (non-hydrogen) atoms. The number of amides is 1. The zero-order valence-electron chi connectivity index (χ0n) is 17.9. The Kier molecular flexibility index (Phi) is 6.03. The number of aliphatic hydroxyl groups is 1. The lowest BCUT2D eigenvalue weighted by molar-refractivity contribution is -0.163. The molecule has 0 spiro atoms. The van der Waals surface area contributed by atoms with Crippen LogP contribution in [0.1, 0.15) is 59.3 Å². The number of nitrogens with zero attached hydrogens (tertiary/aromatic N) is 1. The van der Waals surface area contributed by atoms with Crippen LogP contribution in [0.4, 0.5) is 0 Å². The van der Waals surface area contributed by atoms with Gasteiger partial charge in [-0.25, -0.2) is 4.79 Å². The van der Waals surface area contributed by atoms with E-state index in [0.29, 0.717) is 23.3 Å². The average molecular weight is 436 g/mol. The van der Waals surface area contributed by atoms with Gasteiger partial charge in [-0.15, -0.1) is 11.8 Å². The van der Waals surface area contributed by atoms with Gasteiger partial charge in [0, 0.05) is 33.9 Å². The first-order valence-corrected chi connectivity index (χ1v) is 12.0. The molecule has 166 valence electrons. The highest BCUT2D eigenvalue weighted by Gasteiger charge is 2.60. The minimum absolute atomic E-state index is 0.0509. The molecule has 2 saturated carbocycles. The van der Waals surface area contributed by atoms with E-state index in [1.165, 1.54) is 4.90 Å². The number of β-lactam (4-membered cyclic amide) rings is 1. The van der Waals surface area contributed by atoms with E-state index < -0.39 is 18.0 Å². The third kappa shape index (κ3) is 3.71. The molecule has 0 aromatic rings. The summed E-state index contributed by atoms with van der Waals surface area (Å²) in [6, 6.07) is 0.772. The number of rotatable bonds is 7. The summed E-state index contributed by atoms with van der Waals surface area (Å²) in [5, 5.41) is 31.6. The van der Waals surface area contributed by atoms with Crippen molar-refractivity contribution in [2.24, 2.45) is 17.8 Å². The molecule has 4 atom stereocenters. The lowest BCUT2D eigenvalue weighted by Gasteiger charge is -2.46. The SMILES string of the molecule is CC(=N)C1CCC(N[C@H]2C[C@@H](SC3=C(C(=O)O)N4C(=O)[C@H]([C@@H](C)O)[C@H]4[C@H]3C)C2)CC1. The maximum absolute atomic E-state index is 12.4. The summed E-state index contributed by atoms with van der Waals surface area (Å²) in [6.45, 7) is 5.50. The van der Waals surface area contributed by atoms with Crippen LogP contribution < -0.4 is 5.32 Å². The number of carbonyl (C=O) groups is 2. The first kappa shape index (κ1) is 21.8. The Morgan fingerprint density at radius 1 is 1.23 bits per heavy atom. The van der Waals surface area contributed by atoms with Crippen molar-refractivity contribution in [2.45, 2.75) is 88.8 Å². The number of hydrogen-bond donors (Lipinski definition) is 4. The zero-order valence-corrected chi connectivity index (χ0v) is 18.7. The quantitative estimate of drug-likeness (QED) is 0.361. The van der Waals surface area contributed by atoms with E-state index in [1.54, 1.807) is 18.7 Å². The number of hydrogen-bond acceptors (Lipinski definition) is 6. The molecule has 0 bridgehead atoms. The van der Waals surface area contributed by atoms with E-state index in [0.717, 1.165) is 49.1 Å². The van der Waals surface area contributed by atoms with Gasteiger partial charge in [0.05, 0.1) is 18.1 Å². The molecule has 1 amide bonds. The molecule has 7 nitrogen and oxygen atoms in total. The fraction of sp³-hybridized carbons (Fsp3) is 0.773. The Hall–Kier alpha value is -1.38. The van der Waals surface area contributed by atoms with Crippen molar-refractivity contribution in [1.82, 2.24) is 10.2 Å². The van der Waals surface area contributed by atoms with Gasteiger partial charge in [0.1, 0.15) is 5.70 Å². The fourth-order valence-corrected chi connectivity index (χ4v) is 7.35. The summed E-state index contributed by atoms with van der Waals surface area (Å²) in [4.78, 5) is 26.5. The number of thioether (sulfide) groups is 1. The van der Waals surface area contributed by atoms with Crippen molar-refractivity contribution in [3.05, 3.63) is 10.6 Å². The summed E-state index contributed by atoms with van der Waals surface area (Å²) in [5.74, 6) is -1.40. The van der Waals surface area contributed by atoms with Gasteiger partial charge in [0.2, 0.25) is 5.91 Å². The van der Waals surface area contributed by atoms with Crippen LogP contribution in [0.3, 0.4) is 0 Å². The fourth-order valence-electron chi connectivity index (χ4n) is 5.68. The van der Waals surface area contributed by atoms with Crippen LogP contribution >= 0.6 is 11.8 Å². The predicted molar refractivity (Wildman–Crippen MR) is 116 cm³/mol. The minimum atomic E-state index is -1.04. The number of carbonyl (C=O) groups excluding carboxylic acids is 1. The molecule has 0 unspecified atom stereocenters. The maximum atomic E-state index is 12.4. The largest absolute Gasteiger partial charge is 0.477 e. The average Bonchev–Trinajstić information content (AvgIpc) is 2.89. The zero-order chi connectivity index (χ0) is 21.7. The lowest BCUT2D eigenvalue weighted by Crippen LogP contribution is -2.63. The summed E-state index contributed by atoms with van der Waals surface area (Å²) in [7, 11) is 0. The summed E-state index contributed by atoms with van der Waals surface area (Å²) in [6.07, 6.45) is 5.70. The van der Waals surface area contributed by atoms with Crippen LogP contribution in [0.25, 0.3) is 0 Å². The van der Waals surface area contributed by atoms with E-state index in [9.17, 15) is 19.8 Å². The Morgan fingerprint density at radius 2 is 1.87 bits per heavy atom. The van der Waals surface area contributed by atoms with Crippen molar-refractivity contribution >= 4 is 29.4 Å². The second-order valence-electron chi connectivity index (χ2n) is 9.58. The molecule has 2 aliphatic carbocycles. The lowest BCUT2D eigenvalue weighted by atomic mass is 9.79. The van der Waals surface area contributed by atoms with Crippen molar-refractivity contribution in [2.75, 3.05) is 0 Å². The highest BCUT2D eigenvalue weighted by Crippen LogP contribution is 2.53. The Balaban J connectivity index is 1.32. The van der Waals surface area contributed by atoms with Crippen LogP contribution in [0, 0.1) is 23.2 Å². The highest BCUT2D eigenvalue weighted by atomic mass is 32.2. The monoisotopic (exact) mass is 435 g/mol. The number of carboxylic acid groups (broad SMARTS) is 1. The number of aliphatic carboxylic acids is 1. The van der Waals surface area contributed by atoms with Crippen LogP contribution in [-0.4, -0.2) is 62.2 Å². The third-order valence-corrected chi connectivity index (χ3v) is 9.05. The van der Waals surface area contributed by atoms with E-state index in [1.807, 2.05) is 13.8 Å². The van der Waals surface area contributed by atoms with Gasteiger partial charge in [-0.3, -0.25) is 4.79 Å². The van der Waals surface area contributed by atoms with Gasteiger partial charge in [0.25, 0.3) is 0 Å². The molecule has 2 aliphatic heterocycles. The van der Waals surface area contributed by atoms with Gasteiger partial charge in [0.15, 0.2) is 0 Å². The van der Waals surface area contributed by atoms with Crippen LogP contribution in [0.5, 0.6) is 0 Å². The molecule has 0 aromatic carbocycles. The number of fused-ring (bicyclic) bond motifs is 1. The molecule has 4 N–H and O–H groups in total. The number of carboxylic acids is 1. The molecule has 4 rings (SSSR count). The summed E-state index contributed by atoms with van der Waals surface area (Å²) >= 11 is 1.63. The Morgan fingerprint density at radius 3 is 2.40 bits per heavy atom. The first-order valence-electron chi connectivity index (χ1n) is 11.1. The van der Waals surface area contributed by atoms with Crippen LogP contribution in [-0.2, 0) is 9.59 Å². The van der Waals surface area contributed by atoms with Gasteiger partial charge >= 0.3 is 5.97 Å². The van der Waals surface area contributed by atoms with Crippen LogP contribution in [0.2, 0.25) is 0 Å². The van der Waals surface area contributed by atoms with Crippen molar-refractivity contribution < 1.29 is 19.8 Å². The Bertz CT molecular complexity index is 768. The smallest absolute Gasteiger partial charge is 0.353 e. The van der Waals surface area contributed by atoms with Crippen molar-refractivity contribution in [3.8, 4) is 0 Å². The standard InChI is InChI=1S/C22H33N3O4S/c1-10-18-17(12(3)26)21(27)25(18)19(22(28)29)20(10)30-16-8-15(9-16)24-14-6-4-13(5-7-14)11(2)23/h10,12-18,23-24,26H,4-9H2,1-3H3,(H,28,29)/t10-,12-,13?,14?,15-,16+,17-,18-/m1/s1. The topological polar surface area (TPSA) is 114 Å². The molecular weight excluding hydrogens is 402 g/mol. The molecule has 4 aliphatic rings. The van der Waals surface area contributed by atoms with Gasteiger partial charge < -0.3 is 25.8 Å². The molecule has 8 heteroatoms. The molecule has 3 fully saturated rings. The Labute approximate surface area is 182 Å². The van der Waals surface area contributed by atoms with Crippen LogP contribution in [0.15, 0.2) is 10.6 Å². The molecule has 0 radical (unpaired) electrons. The number of nitrogens with one attached hydrogen (secondary N) is 2. The van der Waals surface area contributed by atoms with Crippen molar-refractivity contribution in [1.29, 1.82) is 5.41 Å². The third-order valence-electron chi connectivity index (χ3n) is 7.51. The second kappa shape index (κ2) is 8.28. The van der Waals surface area contributed by atoms with E-state index >= 15 is 0 Å². The molecule has 1 saturated heterocycles. The van der Waals surface area contributed by atoms with Gasteiger partial charge in [-0.1, -0.05) is 6.92 Å². The highest BCUT2D eigenvalue weighted by molar-refractivity contribution is 8.03. The van der Waals surface area contributed by atoms with Gasteiger partial charge in [-0.05, 0) is 58.3 Å². The molecule has 0 aromatic heterocycles. The van der Waals surface area contributed by atoms with Gasteiger partial charge in [-0.2, -0.15) is 0 Å². The minimum Gasteiger partial charge on any atom is -0.477 e. The second-order valence-corrected chi connectivity index (χ2v) is 10.9.